The van der Waals surface area contributed by atoms with E-state index in [1.165, 1.54) is 36.3 Å². The van der Waals surface area contributed by atoms with Gasteiger partial charge < -0.3 is 0 Å². The smallest absolute Gasteiger partial charge is 0.235 e. The van der Waals surface area contributed by atoms with Crippen molar-refractivity contribution in [2.75, 3.05) is 0 Å². The number of hydrogen-bond acceptors (Lipinski definition) is 4. The molecule has 0 fully saturated rings. The summed E-state index contributed by atoms with van der Waals surface area (Å²) < 4.78 is 4.77. The number of benzene rings is 5. The second-order valence-electron chi connectivity index (χ2n) is 10.1. The van der Waals surface area contributed by atoms with E-state index in [2.05, 4.69) is 107 Å². The zero-order valence-corrected chi connectivity index (χ0v) is 22.1. The predicted octanol–water partition coefficient (Wildman–Crippen LogP) is 9.31. The van der Waals surface area contributed by atoms with Gasteiger partial charge >= 0.3 is 0 Å². The van der Waals surface area contributed by atoms with Crippen LogP contribution in [0.25, 0.3) is 80.9 Å². The molecule has 0 radical (unpaired) electrons. The Morgan fingerprint density at radius 2 is 1.27 bits per heavy atom. The minimum absolute atomic E-state index is 0.665. The van der Waals surface area contributed by atoms with Gasteiger partial charge in [0.25, 0.3) is 0 Å². The second-order valence-corrected chi connectivity index (χ2v) is 11.1. The average molecular weight is 529 g/mol. The first-order valence-corrected chi connectivity index (χ1v) is 14.1. The summed E-state index contributed by atoms with van der Waals surface area (Å²) in [6.07, 6.45) is 3.85. The molecule has 0 N–H and O–H groups in total. The lowest BCUT2D eigenvalue weighted by Crippen LogP contribution is -2.03. The first-order chi connectivity index (χ1) is 19.9. The highest BCUT2D eigenvalue weighted by Gasteiger charge is 2.23. The first kappa shape index (κ1) is 21.8. The molecule has 4 nitrogen and oxygen atoms in total. The summed E-state index contributed by atoms with van der Waals surface area (Å²) in [5, 5.41) is 8.37. The molecule has 4 aromatic heterocycles. The van der Waals surface area contributed by atoms with Gasteiger partial charge in [-0.3, -0.25) is 9.55 Å². The molecule has 0 atom stereocenters. The van der Waals surface area contributed by atoms with Crippen LogP contribution in [-0.4, -0.2) is 19.5 Å². The van der Waals surface area contributed by atoms with Gasteiger partial charge in [-0.25, -0.2) is 9.97 Å². The fraction of sp³-hybridized carbons (Fsp3) is 0. The third kappa shape index (κ3) is 2.92. The molecule has 5 aromatic carbocycles. The van der Waals surface area contributed by atoms with Crippen molar-refractivity contribution in [3.05, 3.63) is 122 Å². The standard InChI is InChI=1S/C35H20N4S/c1-2-10-21(11-3-1)32-24-14-6-8-16-27(24)37-35(38-32)39-28-18-19-36-20-26(28)30-22-12-4-5-13-23(22)31-25-15-7-9-17-29(25)40-34(31)33(30)39/h1-20H. The van der Waals surface area contributed by atoms with Crippen molar-refractivity contribution in [3.8, 4) is 17.2 Å². The van der Waals surface area contributed by atoms with Gasteiger partial charge in [-0.1, -0.05) is 91.0 Å². The Labute approximate surface area is 232 Å². The van der Waals surface area contributed by atoms with E-state index < -0.39 is 0 Å². The molecule has 0 bridgehead atoms. The summed E-state index contributed by atoms with van der Waals surface area (Å²) in [6.45, 7) is 0. The molecule has 0 aliphatic heterocycles. The molecule has 9 aromatic rings. The molecule has 0 aliphatic carbocycles. The molecule has 9 rings (SSSR count). The number of aromatic nitrogens is 4. The number of fused-ring (bicyclic) bond motifs is 11. The largest absolute Gasteiger partial charge is 0.276 e. The number of nitrogens with zero attached hydrogens (tertiary/aromatic N) is 4. The number of para-hydroxylation sites is 1. The molecular weight excluding hydrogens is 508 g/mol. The fourth-order valence-electron chi connectivity index (χ4n) is 6.21. The van der Waals surface area contributed by atoms with Gasteiger partial charge in [-0.2, -0.15) is 0 Å². The van der Waals surface area contributed by atoms with E-state index in [0.29, 0.717) is 5.95 Å². The van der Waals surface area contributed by atoms with E-state index in [4.69, 9.17) is 9.97 Å². The van der Waals surface area contributed by atoms with E-state index in [1.807, 2.05) is 35.9 Å². The van der Waals surface area contributed by atoms with Crippen LogP contribution in [0.4, 0.5) is 0 Å². The summed E-state index contributed by atoms with van der Waals surface area (Å²) in [5.41, 5.74) is 5.10. The maximum absolute atomic E-state index is 5.29. The van der Waals surface area contributed by atoms with Crippen molar-refractivity contribution in [2.24, 2.45) is 0 Å². The lowest BCUT2D eigenvalue weighted by atomic mass is 9.99. The van der Waals surface area contributed by atoms with Gasteiger partial charge in [0.15, 0.2) is 0 Å². The Hall–Kier alpha value is -5.13. The van der Waals surface area contributed by atoms with Gasteiger partial charge in [0.1, 0.15) is 0 Å². The van der Waals surface area contributed by atoms with Gasteiger partial charge in [0.05, 0.1) is 26.9 Å². The molecule has 0 spiro atoms. The van der Waals surface area contributed by atoms with Crippen LogP contribution in [0.1, 0.15) is 0 Å². The van der Waals surface area contributed by atoms with Crippen LogP contribution >= 0.6 is 11.3 Å². The molecule has 0 aliphatic rings. The van der Waals surface area contributed by atoms with Crippen LogP contribution in [0.15, 0.2) is 122 Å². The molecule has 0 saturated heterocycles. The highest BCUT2D eigenvalue weighted by Crippen LogP contribution is 2.47. The van der Waals surface area contributed by atoms with Crippen molar-refractivity contribution in [1.29, 1.82) is 0 Å². The molecule has 40 heavy (non-hydrogen) atoms. The monoisotopic (exact) mass is 528 g/mol. The van der Waals surface area contributed by atoms with Crippen molar-refractivity contribution < 1.29 is 0 Å². The molecular formula is C35H20N4S. The lowest BCUT2D eigenvalue weighted by molar-refractivity contribution is 1.02. The third-order valence-electron chi connectivity index (χ3n) is 7.88. The molecule has 5 heteroatoms. The van der Waals surface area contributed by atoms with Crippen molar-refractivity contribution >= 4 is 75.0 Å². The maximum atomic E-state index is 5.29. The van der Waals surface area contributed by atoms with Crippen LogP contribution < -0.4 is 0 Å². The van der Waals surface area contributed by atoms with E-state index >= 15 is 0 Å². The minimum atomic E-state index is 0.665. The Morgan fingerprint density at radius 1 is 0.575 bits per heavy atom. The second kappa shape index (κ2) is 8.18. The lowest BCUT2D eigenvalue weighted by Gasteiger charge is -2.12. The average Bonchev–Trinajstić information content (AvgIpc) is 3.58. The third-order valence-corrected chi connectivity index (χ3v) is 9.06. The van der Waals surface area contributed by atoms with Crippen LogP contribution in [0, 0.1) is 0 Å². The van der Waals surface area contributed by atoms with Crippen molar-refractivity contribution in [3.63, 3.8) is 0 Å². The molecule has 0 amide bonds. The summed E-state index contributed by atoms with van der Waals surface area (Å²) in [5.74, 6) is 0.665. The molecule has 4 heterocycles. The van der Waals surface area contributed by atoms with Crippen molar-refractivity contribution in [2.45, 2.75) is 0 Å². The molecule has 0 unspecified atom stereocenters. The highest BCUT2D eigenvalue weighted by molar-refractivity contribution is 7.27. The Bertz CT molecular complexity index is 2440. The quantitative estimate of drug-likeness (QED) is 0.225. The molecule has 186 valence electrons. The summed E-state index contributed by atoms with van der Waals surface area (Å²) in [7, 11) is 0. The Kier molecular flexibility index (Phi) is 4.45. The SMILES string of the molecule is c1ccc(-c2nc(-n3c4ccncc4c4c5ccccc5c5c6ccccc6sc5c43)nc3ccccc23)cc1. The van der Waals surface area contributed by atoms with E-state index in [0.717, 1.165) is 38.6 Å². The van der Waals surface area contributed by atoms with Gasteiger partial charge in [0, 0.05) is 49.6 Å². The van der Waals surface area contributed by atoms with E-state index in [9.17, 15) is 0 Å². The topological polar surface area (TPSA) is 43.6 Å². The van der Waals surface area contributed by atoms with E-state index in [-0.39, 0.29) is 0 Å². The summed E-state index contributed by atoms with van der Waals surface area (Å²) in [6, 6.07) is 38.2. The fourth-order valence-corrected chi connectivity index (χ4v) is 7.47. The number of hydrogen-bond donors (Lipinski definition) is 0. The Morgan fingerprint density at radius 3 is 2.12 bits per heavy atom. The summed E-state index contributed by atoms with van der Waals surface area (Å²) in [4.78, 5) is 15.0. The predicted molar refractivity (Wildman–Crippen MR) is 168 cm³/mol. The minimum Gasteiger partial charge on any atom is -0.276 e. The van der Waals surface area contributed by atoms with Crippen LogP contribution in [-0.2, 0) is 0 Å². The van der Waals surface area contributed by atoms with Gasteiger partial charge in [-0.15, -0.1) is 11.3 Å². The van der Waals surface area contributed by atoms with Crippen LogP contribution in [0.2, 0.25) is 0 Å². The number of rotatable bonds is 2. The van der Waals surface area contributed by atoms with Crippen LogP contribution in [0.3, 0.4) is 0 Å². The maximum Gasteiger partial charge on any atom is 0.235 e. The van der Waals surface area contributed by atoms with Gasteiger partial charge in [-0.05, 0) is 29.0 Å². The number of pyridine rings is 1. The highest BCUT2D eigenvalue weighted by atomic mass is 32.1. The zero-order valence-electron chi connectivity index (χ0n) is 21.2. The molecule has 0 saturated carbocycles. The number of thiophene rings is 1. The Balaban J connectivity index is 1.54. The van der Waals surface area contributed by atoms with E-state index in [1.54, 1.807) is 0 Å². The van der Waals surface area contributed by atoms with Crippen LogP contribution in [0.5, 0.6) is 0 Å². The zero-order chi connectivity index (χ0) is 26.2. The van der Waals surface area contributed by atoms with Crippen molar-refractivity contribution in [1.82, 2.24) is 19.5 Å². The normalized spacial score (nSPS) is 12.0. The van der Waals surface area contributed by atoms with Gasteiger partial charge in [0.2, 0.25) is 5.95 Å². The summed E-state index contributed by atoms with van der Waals surface area (Å²) >= 11 is 1.84. The first-order valence-electron chi connectivity index (χ1n) is 13.3.